The third-order valence-electron chi connectivity index (χ3n) is 13.1. The molecule has 14 nitrogen and oxygen atoms in total. The molecule has 324 valence electrons. The number of aromatic amines is 2. The summed E-state index contributed by atoms with van der Waals surface area (Å²) in [5, 5.41) is 7.67. The lowest BCUT2D eigenvalue weighted by atomic mass is 9.96. The molecule has 9 rings (SSSR count). The van der Waals surface area contributed by atoms with E-state index >= 15 is 0 Å². The Kier molecular flexibility index (Phi) is 11.5. The number of rotatable bonds is 11. The number of amides is 4. The second kappa shape index (κ2) is 17.4. The van der Waals surface area contributed by atoms with Crippen LogP contribution in [0.15, 0.2) is 103 Å². The Morgan fingerprint density at radius 1 is 0.698 bits per heavy atom. The van der Waals surface area contributed by atoms with Crippen LogP contribution < -0.4 is 10.6 Å². The average Bonchev–Trinajstić information content (AvgIpc) is 4.18. The van der Waals surface area contributed by atoms with Crippen molar-refractivity contribution in [2.75, 3.05) is 20.8 Å². The van der Waals surface area contributed by atoms with Crippen molar-refractivity contribution in [3.63, 3.8) is 0 Å². The number of carbonyl (C=O) groups excluding carboxylic acids is 4. The van der Waals surface area contributed by atoms with Gasteiger partial charge in [0.25, 0.3) is 5.91 Å². The lowest BCUT2D eigenvalue weighted by Gasteiger charge is -2.36. The van der Waals surface area contributed by atoms with Gasteiger partial charge in [-0.1, -0.05) is 92.7 Å². The first-order valence-electron chi connectivity index (χ1n) is 21.7. The van der Waals surface area contributed by atoms with Gasteiger partial charge in [0, 0.05) is 18.2 Å². The number of alkyl carbamates (subject to hydrolysis) is 2. The van der Waals surface area contributed by atoms with E-state index in [1.165, 1.54) is 14.2 Å². The first-order valence-corrected chi connectivity index (χ1v) is 21.7. The molecule has 2 saturated heterocycles. The lowest BCUT2D eigenvalue weighted by molar-refractivity contribution is -0.138. The van der Waals surface area contributed by atoms with Gasteiger partial charge in [-0.15, -0.1) is 0 Å². The van der Waals surface area contributed by atoms with Crippen LogP contribution in [0, 0.1) is 11.8 Å². The fourth-order valence-electron chi connectivity index (χ4n) is 9.83. The highest BCUT2D eigenvalue weighted by atomic mass is 16.5. The van der Waals surface area contributed by atoms with Gasteiger partial charge < -0.3 is 39.9 Å². The van der Waals surface area contributed by atoms with Gasteiger partial charge in [0.05, 0.1) is 50.1 Å². The Labute approximate surface area is 365 Å². The normalized spacial score (nSPS) is 20.2. The Balaban J connectivity index is 0.889. The van der Waals surface area contributed by atoms with Crippen LogP contribution >= 0.6 is 0 Å². The Morgan fingerprint density at radius 3 is 2.03 bits per heavy atom. The minimum atomic E-state index is -0.874. The Hall–Kier alpha value is -6.96. The number of likely N-dealkylation sites (tertiary alicyclic amines) is 2. The van der Waals surface area contributed by atoms with Crippen molar-refractivity contribution in [3.8, 4) is 33.6 Å². The highest BCUT2D eigenvalue weighted by Gasteiger charge is 2.51. The molecule has 1 aliphatic carbocycles. The summed E-state index contributed by atoms with van der Waals surface area (Å²) in [7, 11) is 2.59. The number of imidazole rings is 2. The molecule has 3 fully saturated rings. The van der Waals surface area contributed by atoms with Gasteiger partial charge >= 0.3 is 12.2 Å². The van der Waals surface area contributed by atoms with Gasteiger partial charge in [-0.05, 0) is 89.1 Å². The number of methoxy groups -OCH3 is 2. The van der Waals surface area contributed by atoms with Crippen LogP contribution in [-0.4, -0.2) is 86.6 Å². The lowest BCUT2D eigenvalue weighted by Crippen LogP contribution is -2.51. The van der Waals surface area contributed by atoms with E-state index in [2.05, 4.69) is 81.3 Å². The summed E-state index contributed by atoms with van der Waals surface area (Å²) >= 11 is 0. The second-order valence-electron chi connectivity index (χ2n) is 17.2. The maximum absolute atomic E-state index is 14.3. The van der Waals surface area contributed by atoms with Crippen molar-refractivity contribution in [3.05, 3.63) is 121 Å². The summed E-state index contributed by atoms with van der Waals surface area (Å²) < 4.78 is 9.67. The summed E-state index contributed by atoms with van der Waals surface area (Å²) in [6.45, 7) is 4.40. The summed E-state index contributed by atoms with van der Waals surface area (Å²) in [6, 6.07) is 28.5. The van der Waals surface area contributed by atoms with Crippen LogP contribution in [0.5, 0.6) is 0 Å². The van der Waals surface area contributed by atoms with Crippen LogP contribution in [0.2, 0.25) is 0 Å². The number of nitrogens with one attached hydrogen (secondary N) is 4. The molecule has 2 bridgehead atoms. The van der Waals surface area contributed by atoms with Crippen molar-refractivity contribution in [1.82, 2.24) is 40.4 Å². The maximum Gasteiger partial charge on any atom is 0.407 e. The van der Waals surface area contributed by atoms with E-state index in [-0.39, 0.29) is 41.8 Å². The first kappa shape index (κ1) is 41.4. The zero-order valence-corrected chi connectivity index (χ0v) is 35.8. The minimum Gasteiger partial charge on any atom is -0.453 e. The third-order valence-corrected chi connectivity index (χ3v) is 13.1. The highest BCUT2D eigenvalue weighted by Crippen LogP contribution is 2.50. The van der Waals surface area contributed by atoms with Crippen LogP contribution in [0.25, 0.3) is 44.4 Å². The predicted molar refractivity (Wildman–Crippen MR) is 238 cm³/mol. The van der Waals surface area contributed by atoms with E-state index in [4.69, 9.17) is 19.4 Å². The van der Waals surface area contributed by atoms with Crippen LogP contribution in [0.1, 0.15) is 81.3 Å². The highest BCUT2D eigenvalue weighted by molar-refractivity contribution is 5.91. The number of H-pyrrole nitrogens is 2. The fourth-order valence-corrected chi connectivity index (χ4v) is 9.83. The second-order valence-corrected chi connectivity index (χ2v) is 17.2. The molecule has 6 atom stereocenters. The van der Waals surface area contributed by atoms with Crippen molar-refractivity contribution < 1.29 is 28.7 Å². The van der Waals surface area contributed by atoms with E-state index in [1.807, 2.05) is 66.4 Å². The molecule has 6 aromatic rings. The maximum atomic E-state index is 14.3. The van der Waals surface area contributed by atoms with Crippen molar-refractivity contribution in [1.29, 1.82) is 0 Å². The zero-order valence-electron chi connectivity index (χ0n) is 35.8. The SMILES string of the molecule is COC(=O)NC(C(=O)N1CCC[C@H]1c1ncc(-c2ccc3cc(-c4ccc(-c5cnc([C@@H]6[C@H]7CC[C@H](C7)N6C(=O)[C@H](NC(=O)OC)c6ccccc6)[nH]5)cc4)ccc3c2)[nH]1)C(C)C. The van der Waals surface area contributed by atoms with E-state index in [1.54, 1.807) is 0 Å². The molecular weight excluding hydrogens is 797 g/mol. The van der Waals surface area contributed by atoms with E-state index in [9.17, 15) is 19.2 Å². The standard InChI is InChI=1S/C49H52N8O6/c1-28(2)41(54-48(60)62-3)46(58)56-22-8-11-40(56)44-50-27-39(52-44)35-19-18-33-23-32(16-17-34(33)24-35)29-12-14-30(15-13-29)38-26-51-45(53-38)43-36-20-21-37(25-36)57(43)47(59)42(55-49(61)63-4)31-9-6-5-7-10-31/h5-7,9-10,12-19,23-24,26-28,36-37,40-43H,8,11,20-22,25H2,1-4H3,(H,50,52)(H,51,53)(H,54,60)(H,55,61)/t36-,37+,40-,41?,42+,43-/m0/s1. The van der Waals surface area contributed by atoms with E-state index in [0.29, 0.717) is 12.1 Å². The van der Waals surface area contributed by atoms with E-state index in [0.717, 1.165) is 88.2 Å². The topological polar surface area (TPSA) is 175 Å². The number of fused-ring (bicyclic) bond motifs is 3. The van der Waals surface area contributed by atoms with Crippen LogP contribution in [0.3, 0.4) is 0 Å². The number of nitrogens with zero attached hydrogens (tertiary/aromatic N) is 4. The molecule has 3 aliphatic rings. The van der Waals surface area contributed by atoms with Crippen molar-refractivity contribution in [2.24, 2.45) is 11.8 Å². The number of piperidine rings is 1. The molecule has 14 heteroatoms. The van der Waals surface area contributed by atoms with E-state index < -0.39 is 24.3 Å². The summed E-state index contributed by atoms with van der Waals surface area (Å²) in [5.74, 6) is 1.34. The monoisotopic (exact) mass is 848 g/mol. The van der Waals surface area contributed by atoms with Gasteiger partial charge in [-0.25, -0.2) is 19.6 Å². The molecule has 1 unspecified atom stereocenters. The van der Waals surface area contributed by atoms with Gasteiger partial charge in [0.2, 0.25) is 5.91 Å². The minimum absolute atomic E-state index is 0.0762. The van der Waals surface area contributed by atoms with Crippen LogP contribution in [0.4, 0.5) is 9.59 Å². The van der Waals surface area contributed by atoms with Gasteiger partial charge in [-0.3, -0.25) is 9.59 Å². The number of hydrogen-bond donors (Lipinski definition) is 4. The van der Waals surface area contributed by atoms with Crippen molar-refractivity contribution in [2.45, 2.75) is 76.2 Å². The molecule has 4 aromatic carbocycles. The molecule has 4 N–H and O–H groups in total. The summed E-state index contributed by atoms with van der Waals surface area (Å²) in [5.41, 5.74) is 6.59. The quantitative estimate of drug-likeness (QED) is 0.100. The molecular formula is C49H52N8O6. The van der Waals surface area contributed by atoms with Gasteiger partial charge in [-0.2, -0.15) is 0 Å². The molecule has 0 spiro atoms. The Bertz CT molecular complexity index is 2640. The fraction of sp³-hybridized carbons (Fsp3) is 0.347. The molecule has 2 aromatic heterocycles. The Morgan fingerprint density at radius 2 is 1.32 bits per heavy atom. The predicted octanol–water partition coefficient (Wildman–Crippen LogP) is 8.48. The van der Waals surface area contributed by atoms with Crippen molar-refractivity contribution >= 4 is 34.8 Å². The molecule has 0 radical (unpaired) electrons. The van der Waals surface area contributed by atoms with Gasteiger partial charge in [0.15, 0.2) is 0 Å². The molecule has 4 heterocycles. The average molecular weight is 849 g/mol. The zero-order chi connectivity index (χ0) is 43.8. The smallest absolute Gasteiger partial charge is 0.407 e. The largest absolute Gasteiger partial charge is 0.453 e. The number of aromatic nitrogens is 4. The number of ether oxygens (including phenoxy) is 2. The van der Waals surface area contributed by atoms with Crippen LogP contribution in [-0.2, 0) is 19.1 Å². The summed E-state index contributed by atoms with van der Waals surface area (Å²) in [6.07, 6.45) is 6.85. The third kappa shape index (κ3) is 8.13. The molecule has 1 saturated carbocycles. The molecule has 2 aliphatic heterocycles. The first-order chi connectivity index (χ1) is 30.6. The number of carbonyl (C=O) groups is 4. The number of benzene rings is 4. The molecule has 63 heavy (non-hydrogen) atoms. The number of hydrogen-bond acceptors (Lipinski definition) is 8. The van der Waals surface area contributed by atoms with Gasteiger partial charge in [0.1, 0.15) is 23.7 Å². The molecule has 4 amide bonds. The summed E-state index contributed by atoms with van der Waals surface area (Å²) in [4.78, 5) is 72.7.